The van der Waals surface area contributed by atoms with Crippen LogP contribution in [0.15, 0.2) is 6.20 Å². The number of thiazole rings is 1. The topological polar surface area (TPSA) is 45.2 Å². The Kier molecular flexibility index (Phi) is 5.07. The third kappa shape index (κ3) is 3.74. The second-order valence-corrected chi connectivity index (χ2v) is 4.68. The van der Waals surface area contributed by atoms with E-state index in [9.17, 15) is 0 Å². The summed E-state index contributed by atoms with van der Waals surface area (Å²) in [7, 11) is 0. The molecule has 1 heterocycles. The smallest absolute Gasteiger partial charge is 0.109 e. The Bertz CT molecular complexity index is 262. The monoisotopic (exact) mass is 214 g/mol. The largest absolute Gasteiger partial charge is 0.396 e. The number of aromatic nitrogens is 1. The summed E-state index contributed by atoms with van der Waals surface area (Å²) in [6.45, 7) is 5.42. The van der Waals surface area contributed by atoms with Crippen LogP contribution in [0.3, 0.4) is 0 Å². The predicted octanol–water partition coefficient (Wildman–Crippen LogP) is 1.87. The number of hydrogen-bond donors (Lipinski definition) is 2. The number of aliphatic hydroxyl groups excluding tert-OH is 1. The zero-order valence-electron chi connectivity index (χ0n) is 8.79. The van der Waals surface area contributed by atoms with Crippen LogP contribution < -0.4 is 5.32 Å². The second-order valence-electron chi connectivity index (χ2n) is 3.42. The van der Waals surface area contributed by atoms with Gasteiger partial charge >= 0.3 is 0 Å². The highest BCUT2D eigenvalue weighted by atomic mass is 32.1. The molecule has 3 nitrogen and oxygen atoms in total. The van der Waals surface area contributed by atoms with Crippen molar-refractivity contribution in [2.45, 2.75) is 32.7 Å². The van der Waals surface area contributed by atoms with E-state index in [1.165, 1.54) is 4.88 Å². The Morgan fingerprint density at radius 2 is 2.36 bits per heavy atom. The first kappa shape index (κ1) is 11.6. The zero-order valence-corrected chi connectivity index (χ0v) is 9.60. The molecule has 1 rings (SSSR count). The van der Waals surface area contributed by atoms with Gasteiger partial charge in [-0.3, -0.25) is 0 Å². The Hall–Kier alpha value is -0.450. The fourth-order valence-electron chi connectivity index (χ4n) is 1.22. The van der Waals surface area contributed by atoms with Crippen LogP contribution in [-0.2, 0) is 0 Å². The van der Waals surface area contributed by atoms with Crippen LogP contribution in [0.25, 0.3) is 0 Å². The van der Waals surface area contributed by atoms with E-state index in [1.807, 2.05) is 6.20 Å². The van der Waals surface area contributed by atoms with Crippen molar-refractivity contribution in [2.75, 3.05) is 13.2 Å². The molecule has 1 aromatic heterocycles. The zero-order chi connectivity index (χ0) is 10.4. The van der Waals surface area contributed by atoms with E-state index in [0.29, 0.717) is 6.04 Å². The van der Waals surface area contributed by atoms with Crippen molar-refractivity contribution in [3.05, 3.63) is 16.1 Å². The van der Waals surface area contributed by atoms with Gasteiger partial charge in [0.15, 0.2) is 0 Å². The van der Waals surface area contributed by atoms with Gasteiger partial charge in [0.2, 0.25) is 0 Å². The Labute approximate surface area is 89.2 Å². The molecule has 0 aliphatic heterocycles. The molecule has 4 heteroatoms. The lowest BCUT2D eigenvalue weighted by molar-refractivity contribution is 0.283. The number of rotatable bonds is 6. The fourth-order valence-corrected chi connectivity index (χ4v) is 2.02. The summed E-state index contributed by atoms with van der Waals surface area (Å²) in [5.41, 5.74) is 0. The maximum absolute atomic E-state index is 8.61. The fraction of sp³-hybridized carbons (Fsp3) is 0.700. The highest BCUT2D eigenvalue weighted by Gasteiger charge is 2.07. The van der Waals surface area contributed by atoms with Crippen molar-refractivity contribution in [1.82, 2.24) is 10.3 Å². The first-order valence-corrected chi connectivity index (χ1v) is 5.82. The van der Waals surface area contributed by atoms with E-state index in [2.05, 4.69) is 24.1 Å². The summed E-state index contributed by atoms with van der Waals surface area (Å²) in [5, 5.41) is 13.1. The van der Waals surface area contributed by atoms with Gasteiger partial charge in [-0.05, 0) is 33.2 Å². The molecule has 0 amide bonds. The number of aryl methyl sites for hydroxylation is 1. The molecular weight excluding hydrogens is 196 g/mol. The van der Waals surface area contributed by atoms with Gasteiger partial charge in [-0.25, -0.2) is 4.98 Å². The lowest BCUT2D eigenvalue weighted by Gasteiger charge is -2.10. The first-order valence-electron chi connectivity index (χ1n) is 5.00. The minimum absolute atomic E-state index is 0.284. The number of nitrogens with zero attached hydrogens (tertiary/aromatic N) is 1. The van der Waals surface area contributed by atoms with Gasteiger partial charge in [-0.1, -0.05) is 0 Å². The number of hydrogen-bond acceptors (Lipinski definition) is 4. The molecule has 0 radical (unpaired) electrons. The van der Waals surface area contributed by atoms with Gasteiger partial charge in [-0.2, -0.15) is 0 Å². The molecule has 0 saturated heterocycles. The van der Waals surface area contributed by atoms with E-state index in [-0.39, 0.29) is 6.61 Å². The van der Waals surface area contributed by atoms with Crippen LogP contribution in [-0.4, -0.2) is 23.2 Å². The highest BCUT2D eigenvalue weighted by molar-refractivity contribution is 7.11. The maximum Gasteiger partial charge on any atom is 0.109 e. The molecule has 80 valence electrons. The van der Waals surface area contributed by atoms with E-state index >= 15 is 0 Å². The van der Waals surface area contributed by atoms with Crippen molar-refractivity contribution in [3.8, 4) is 0 Å². The summed E-state index contributed by atoms with van der Waals surface area (Å²) in [6.07, 6.45) is 3.80. The average Bonchev–Trinajstić information content (AvgIpc) is 2.59. The van der Waals surface area contributed by atoms with Crippen LogP contribution in [0, 0.1) is 6.92 Å². The molecule has 1 atom stereocenters. The molecule has 0 aromatic carbocycles. The van der Waals surface area contributed by atoms with Gasteiger partial charge < -0.3 is 10.4 Å². The molecule has 0 aliphatic rings. The molecule has 0 aliphatic carbocycles. The lowest BCUT2D eigenvalue weighted by Crippen LogP contribution is -2.19. The van der Waals surface area contributed by atoms with E-state index < -0.39 is 0 Å². The van der Waals surface area contributed by atoms with Crippen molar-refractivity contribution in [2.24, 2.45) is 0 Å². The van der Waals surface area contributed by atoms with Crippen LogP contribution in [0.2, 0.25) is 0 Å². The van der Waals surface area contributed by atoms with Gasteiger partial charge in [0, 0.05) is 17.7 Å². The summed E-state index contributed by atoms with van der Waals surface area (Å²) in [4.78, 5) is 5.57. The van der Waals surface area contributed by atoms with Gasteiger partial charge in [0.1, 0.15) is 5.01 Å². The molecule has 0 spiro atoms. The standard InChI is InChI=1S/C10H18N2OS/c1-8-7-12-10(14-8)9(2)11-5-3-4-6-13/h7,9,11,13H,3-6H2,1-2H3. The lowest BCUT2D eigenvalue weighted by atomic mass is 10.3. The summed E-state index contributed by atoms with van der Waals surface area (Å²) >= 11 is 1.74. The third-order valence-electron chi connectivity index (χ3n) is 2.04. The van der Waals surface area contributed by atoms with Crippen LogP contribution >= 0.6 is 11.3 Å². The minimum Gasteiger partial charge on any atom is -0.396 e. The van der Waals surface area contributed by atoms with Crippen LogP contribution in [0.5, 0.6) is 0 Å². The molecule has 2 N–H and O–H groups in total. The van der Waals surface area contributed by atoms with Crippen molar-refractivity contribution in [1.29, 1.82) is 0 Å². The third-order valence-corrected chi connectivity index (χ3v) is 3.14. The molecule has 0 bridgehead atoms. The van der Waals surface area contributed by atoms with Gasteiger partial charge in [0.25, 0.3) is 0 Å². The van der Waals surface area contributed by atoms with Crippen molar-refractivity contribution >= 4 is 11.3 Å². The minimum atomic E-state index is 0.284. The van der Waals surface area contributed by atoms with Gasteiger partial charge in [0.05, 0.1) is 6.04 Å². The normalized spacial score (nSPS) is 13.1. The second kappa shape index (κ2) is 6.11. The quantitative estimate of drug-likeness (QED) is 0.711. The number of aliphatic hydroxyl groups is 1. The molecule has 0 saturated carbocycles. The highest BCUT2D eigenvalue weighted by Crippen LogP contribution is 2.18. The Morgan fingerprint density at radius 3 is 2.93 bits per heavy atom. The first-order chi connectivity index (χ1) is 6.74. The maximum atomic E-state index is 8.61. The Morgan fingerprint density at radius 1 is 1.57 bits per heavy atom. The summed E-state index contributed by atoms with van der Waals surface area (Å²) in [5.74, 6) is 0. The van der Waals surface area contributed by atoms with Crippen molar-refractivity contribution < 1.29 is 5.11 Å². The number of nitrogens with one attached hydrogen (secondary N) is 1. The van der Waals surface area contributed by atoms with Gasteiger partial charge in [-0.15, -0.1) is 11.3 Å². The molecule has 0 fully saturated rings. The van der Waals surface area contributed by atoms with Crippen LogP contribution in [0.1, 0.15) is 35.7 Å². The van der Waals surface area contributed by atoms with Crippen molar-refractivity contribution in [3.63, 3.8) is 0 Å². The van der Waals surface area contributed by atoms with E-state index in [1.54, 1.807) is 11.3 Å². The average molecular weight is 214 g/mol. The molecular formula is C10H18N2OS. The molecule has 1 unspecified atom stereocenters. The predicted molar refractivity (Wildman–Crippen MR) is 59.6 cm³/mol. The van der Waals surface area contributed by atoms with Crippen LogP contribution in [0.4, 0.5) is 0 Å². The summed E-state index contributed by atoms with van der Waals surface area (Å²) < 4.78 is 0. The molecule has 1 aromatic rings. The van der Waals surface area contributed by atoms with E-state index in [4.69, 9.17) is 5.11 Å². The van der Waals surface area contributed by atoms with E-state index in [0.717, 1.165) is 24.4 Å². The SMILES string of the molecule is Cc1cnc(C(C)NCCCCO)s1. The number of unbranched alkanes of at least 4 members (excludes halogenated alkanes) is 1. The Balaban J connectivity index is 2.25. The summed E-state index contributed by atoms with van der Waals surface area (Å²) in [6, 6.07) is 0.326. The molecule has 14 heavy (non-hydrogen) atoms.